The Bertz CT molecular complexity index is 1140. The second-order valence-corrected chi connectivity index (χ2v) is 7.28. The summed E-state index contributed by atoms with van der Waals surface area (Å²) in [7, 11) is 0. The number of carbonyl (C=O) groups excluding carboxylic acids is 2. The van der Waals surface area contributed by atoms with Crippen LogP contribution in [0.4, 0.5) is 0 Å². The van der Waals surface area contributed by atoms with Crippen molar-refractivity contribution in [2.24, 2.45) is 0 Å². The SMILES string of the molecule is O=C(NCCNC(=O)c1csc(-c2cnn(-c3ccccc3)c2)n1)c1ccccc1. The van der Waals surface area contributed by atoms with Gasteiger partial charge >= 0.3 is 0 Å². The van der Waals surface area contributed by atoms with Crippen molar-refractivity contribution in [1.82, 2.24) is 25.4 Å². The van der Waals surface area contributed by atoms with Crippen LogP contribution in [-0.2, 0) is 0 Å². The molecule has 0 spiro atoms. The van der Waals surface area contributed by atoms with E-state index in [9.17, 15) is 9.59 Å². The third-order valence-electron chi connectivity index (χ3n) is 4.32. The largest absolute Gasteiger partial charge is 0.350 e. The number of rotatable bonds is 7. The number of para-hydroxylation sites is 1. The monoisotopic (exact) mass is 417 g/mol. The second kappa shape index (κ2) is 9.15. The number of hydrogen-bond acceptors (Lipinski definition) is 5. The standard InChI is InChI=1S/C22H19N5O2S/c28-20(16-7-3-1-4-8-16)23-11-12-24-21(29)19-15-30-22(26-19)17-13-25-27(14-17)18-9-5-2-6-10-18/h1-10,13-15H,11-12H2,(H,23,28)(H,24,29). The zero-order valence-electron chi connectivity index (χ0n) is 16.0. The molecule has 0 unspecified atom stereocenters. The van der Waals surface area contributed by atoms with Gasteiger partial charge in [0.1, 0.15) is 10.7 Å². The van der Waals surface area contributed by atoms with Crippen molar-refractivity contribution in [2.75, 3.05) is 13.1 Å². The molecular formula is C22H19N5O2S. The molecule has 0 aliphatic heterocycles. The fourth-order valence-electron chi connectivity index (χ4n) is 2.80. The first-order valence-electron chi connectivity index (χ1n) is 9.38. The summed E-state index contributed by atoms with van der Waals surface area (Å²) in [6, 6.07) is 18.7. The highest BCUT2D eigenvalue weighted by Crippen LogP contribution is 2.24. The minimum absolute atomic E-state index is 0.170. The van der Waals surface area contributed by atoms with Crippen molar-refractivity contribution < 1.29 is 9.59 Å². The third kappa shape index (κ3) is 4.61. The number of benzene rings is 2. The molecule has 0 atom stereocenters. The molecule has 2 aromatic heterocycles. The highest BCUT2D eigenvalue weighted by molar-refractivity contribution is 7.13. The lowest BCUT2D eigenvalue weighted by atomic mass is 10.2. The van der Waals surface area contributed by atoms with E-state index in [4.69, 9.17) is 0 Å². The van der Waals surface area contributed by atoms with Crippen molar-refractivity contribution in [2.45, 2.75) is 0 Å². The number of nitrogens with one attached hydrogen (secondary N) is 2. The highest BCUT2D eigenvalue weighted by Gasteiger charge is 2.13. The van der Waals surface area contributed by atoms with Gasteiger partial charge in [-0.05, 0) is 24.3 Å². The quantitative estimate of drug-likeness (QED) is 0.452. The van der Waals surface area contributed by atoms with E-state index in [1.165, 1.54) is 11.3 Å². The fraction of sp³-hybridized carbons (Fsp3) is 0.0909. The fourth-order valence-corrected chi connectivity index (χ4v) is 3.58. The lowest BCUT2D eigenvalue weighted by Gasteiger charge is -2.06. The van der Waals surface area contributed by atoms with E-state index < -0.39 is 0 Å². The summed E-state index contributed by atoms with van der Waals surface area (Å²) in [6.07, 6.45) is 3.61. The minimum atomic E-state index is -0.276. The Kier molecular flexibility index (Phi) is 5.95. The van der Waals surface area contributed by atoms with Crippen molar-refractivity contribution in [3.05, 3.63) is 89.7 Å². The van der Waals surface area contributed by atoms with Gasteiger partial charge in [-0.2, -0.15) is 5.10 Å². The van der Waals surface area contributed by atoms with Crippen LogP contribution in [0, 0.1) is 0 Å². The van der Waals surface area contributed by atoms with Gasteiger partial charge in [0.15, 0.2) is 0 Å². The molecule has 0 saturated heterocycles. The molecule has 2 N–H and O–H groups in total. The Hall–Kier alpha value is -3.78. The molecule has 4 rings (SSSR count). The van der Waals surface area contributed by atoms with Gasteiger partial charge in [-0.3, -0.25) is 9.59 Å². The first-order valence-corrected chi connectivity index (χ1v) is 10.3. The van der Waals surface area contributed by atoms with E-state index in [-0.39, 0.29) is 11.8 Å². The van der Waals surface area contributed by atoms with E-state index in [1.807, 2.05) is 42.6 Å². The van der Waals surface area contributed by atoms with Crippen molar-refractivity contribution in [3.8, 4) is 16.3 Å². The lowest BCUT2D eigenvalue weighted by molar-refractivity contribution is 0.0925. The maximum atomic E-state index is 12.3. The van der Waals surface area contributed by atoms with E-state index in [2.05, 4.69) is 20.7 Å². The Morgan fingerprint density at radius 1 is 0.900 bits per heavy atom. The molecule has 0 fully saturated rings. The topological polar surface area (TPSA) is 88.9 Å². The van der Waals surface area contributed by atoms with Crippen LogP contribution in [0.5, 0.6) is 0 Å². The van der Waals surface area contributed by atoms with Crippen molar-refractivity contribution in [1.29, 1.82) is 0 Å². The lowest BCUT2D eigenvalue weighted by Crippen LogP contribution is -2.34. The molecule has 2 aromatic carbocycles. The van der Waals surface area contributed by atoms with E-state index in [0.29, 0.717) is 24.3 Å². The number of aromatic nitrogens is 3. The Labute approximate surface area is 177 Å². The van der Waals surface area contributed by atoms with Crippen LogP contribution in [0.3, 0.4) is 0 Å². The zero-order chi connectivity index (χ0) is 20.8. The van der Waals surface area contributed by atoms with Crippen LogP contribution in [0.1, 0.15) is 20.8 Å². The molecule has 8 heteroatoms. The average Bonchev–Trinajstić information content (AvgIpc) is 3.47. The Morgan fingerprint density at radius 2 is 1.57 bits per heavy atom. The Morgan fingerprint density at radius 3 is 2.30 bits per heavy atom. The van der Waals surface area contributed by atoms with Gasteiger partial charge in [-0.15, -0.1) is 11.3 Å². The molecule has 4 aromatic rings. The summed E-state index contributed by atoms with van der Waals surface area (Å²) < 4.78 is 1.77. The van der Waals surface area contributed by atoms with Crippen molar-refractivity contribution in [3.63, 3.8) is 0 Å². The van der Waals surface area contributed by atoms with Crippen molar-refractivity contribution >= 4 is 23.2 Å². The molecule has 0 aliphatic carbocycles. The molecule has 0 saturated carbocycles. The highest BCUT2D eigenvalue weighted by atomic mass is 32.1. The number of nitrogens with zero attached hydrogens (tertiary/aromatic N) is 3. The average molecular weight is 417 g/mol. The van der Waals surface area contributed by atoms with Gasteiger partial charge in [-0.25, -0.2) is 9.67 Å². The molecule has 0 bridgehead atoms. The summed E-state index contributed by atoms with van der Waals surface area (Å²) in [5.74, 6) is -0.446. The van der Waals surface area contributed by atoms with Crippen LogP contribution in [0.15, 0.2) is 78.4 Å². The van der Waals surface area contributed by atoms with Crippen LogP contribution < -0.4 is 10.6 Å². The number of thiazole rings is 1. The maximum absolute atomic E-state index is 12.3. The molecule has 0 radical (unpaired) electrons. The summed E-state index contributed by atoms with van der Waals surface area (Å²) in [4.78, 5) is 28.7. The minimum Gasteiger partial charge on any atom is -0.350 e. The summed E-state index contributed by atoms with van der Waals surface area (Å²) in [5, 5.41) is 12.3. The molecule has 2 heterocycles. The number of amides is 2. The summed E-state index contributed by atoms with van der Waals surface area (Å²) in [6.45, 7) is 0.649. The predicted molar refractivity (Wildman–Crippen MR) is 116 cm³/mol. The smallest absolute Gasteiger partial charge is 0.270 e. The van der Waals surface area contributed by atoms with E-state index in [1.54, 1.807) is 40.5 Å². The van der Waals surface area contributed by atoms with Gasteiger partial charge in [0.05, 0.1) is 11.9 Å². The third-order valence-corrected chi connectivity index (χ3v) is 5.21. The van der Waals surface area contributed by atoms with Gasteiger partial charge < -0.3 is 10.6 Å². The van der Waals surface area contributed by atoms with Crippen LogP contribution in [-0.4, -0.2) is 39.7 Å². The van der Waals surface area contributed by atoms with Crippen LogP contribution in [0.25, 0.3) is 16.3 Å². The van der Waals surface area contributed by atoms with E-state index >= 15 is 0 Å². The van der Waals surface area contributed by atoms with Crippen LogP contribution >= 0.6 is 11.3 Å². The van der Waals surface area contributed by atoms with Gasteiger partial charge in [0, 0.05) is 35.8 Å². The molecular weight excluding hydrogens is 398 g/mol. The molecule has 0 aliphatic rings. The maximum Gasteiger partial charge on any atom is 0.270 e. The molecule has 7 nitrogen and oxygen atoms in total. The predicted octanol–water partition coefficient (Wildman–Crippen LogP) is 3.16. The normalized spacial score (nSPS) is 10.5. The van der Waals surface area contributed by atoms with Crippen LogP contribution in [0.2, 0.25) is 0 Å². The zero-order valence-corrected chi connectivity index (χ0v) is 16.8. The Balaban J connectivity index is 1.30. The second-order valence-electron chi connectivity index (χ2n) is 6.42. The first kappa shape index (κ1) is 19.5. The number of carbonyl (C=O) groups is 2. The van der Waals surface area contributed by atoms with E-state index in [0.717, 1.165) is 16.3 Å². The summed E-state index contributed by atoms with van der Waals surface area (Å²) in [5.41, 5.74) is 2.73. The molecule has 30 heavy (non-hydrogen) atoms. The van der Waals surface area contributed by atoms with Gasteiger partial charge in [0.25, 0.3) is 11.8 Å². The first-order chi connectivity index (χ1) is 14.7. The molecule has 150 valence electrons. The van der Waals surface area contributed by atoms with Gasteiger partial charge in [-0.1, -0.05) is 36.4 Å². The molecule has 2 amide bonds. The number of hydrogen-bond donors (Lipinski definition) is 2. The summed E-state index contributed by atoms with van der Waals surface area (Å²) >= 11 is 1.39. The van der Waals surface area contributed by atoms with Gasteiger partial charge in [0.2, 0.25) is 0 Å².